The van der Waals surface area contributed by atoms with Crippen LogP contribution in [0.15, 0.2) is 18.2 Å². The molecule has 2 atom stereocenters. The van der Waals surface area contributed by atoms with Gasteiger partial charge in [0.25, 0.3) is 0 Å². The molecular formula is C15H21ClN2O2. The summed E-state index contributed by atoms with van der Waals surface area (Å²) in [5.74, 6) is 0.155. The minimum absolute atomic E-state index is 0.150. The molecule has 5 heteroatoms. The summed E-state index contributed by atoms with van der Waals surface area (Å²) in [4.78, 5) is 14.0. The fourth-order valence-electron chi connectivity index (χ4n) is 2.52. The number of aliphatic hydroxyl groups is 1. The number of rotatable bonds is 2. The molecule has 2 amide bonds. The maximum absolute atomic E-state index is 12.3. The highest BCUT2D eigenvalue weighted by Gasteiger charge is 2.26. The van der Waals surface area contributed by atoms with Crippen molar-refractivity contribution in [3.8, 4) is 0 Å². The van der Waals surface area contributed by atoms with Crippen LogP contribution in [0.2, 0.25) is 5.02 Å². The topological polar surface area (TPSA) is 52.6 Å². The van der Waals surface area contributed by atoms with Crippen LogP contribution in [0.3, 0.4) is 0 Å². The van der Waals surface area contributed by atoms with Gasteiger partial charge in [0, 0.05) is 19.0 Å². The van der Waals surface area contributed by atoms with E-state index in [-0.39, 0.29) is 18.1 Å². The summed E-state index contributed by atoms with van der Waals surface area (Å²) in [6.45, 7) is 5.05. The first-order valence-electron chi connectivity index (χ1n) is 6.97. The van der Waals surface area contributed by atoms with E-state index in [4.69, 9.17) is 11.6 Å². The lowest BCUT2D eigenvalue weighted by Gasteiger charge is -2.34. The van der Waals surface area contributed by atoms with E-state index in [1.54, 1.807) is 17.9 Å². The highest BCUT2D eigenvalue weighted by atomic mass is 35.5. The maximum atomic E-state index is 12.3. The molecule has 110 valence electrons. The molecule has 4 nitrogen and oxygen atoms in total. The predicted octanol–water partition coefficient (Wildman–Crippen LogP) is 3.27. The molecule has 1 saturated heterocycles. The van der Waals surface area contributed by atoms with Crippen molar-refractivity contribution in [2.24, 2.45) is 5.92 Å². The van der Waals surface area contributed by atoms with Crippen molar-refractivity contribution in [1.82, 2.24) is 4.90 Å². The lowest BCUT2D eigenvalue weighted by Crippen LogP contribution is -2.44. The van der Waals surface area contributed by atoms with Crippen molar-refractivity contribution in [2.45, 2.75) is 32.8 Å². The number of aryl methyl sites for hydroxylation is 1. The lowest BCUT2D eigenvalue weighted by atomic mass is 9.94. The summed E-state index contributed by atoms with van der Waals surface area (Å²) >= 11 is 6.09. The Morgan fingerprint density at radius 1 is 1.55 bits per heavy atom. The second-order valence-electron chi connectivity index (χ2n) is 5.50. The molecule has 0 aromatic heterocycles. The first-order valence-corrected chi connectivity index (χ1v) is 7.35. The van der Waals surface area contributed by atoms with Crippen LogP contribution in [-0.4, -0.2) is 35.2 Å². The Bertz CT molecular complexity index is 491. The number of carbonyl (C=O) groups is 1. The zero-order valence-electron chi connectivity index (χ0n) is 11.9. The van der Waals surface area contributed by atoms with E-state index in [0.717, 1.165) is 24.9 Å². The molecule has 20 heavy (non-hydrogen) atoms. The summed E-state index contributed by atoms with van der Waals surface area (Å²) < 4.78 is 0. The van der Waals surface area contributed by atoms with E-state index < -0.39 is 0 Å². The normalized spacial score (nSPS) is 20.6. The van der Waals surface area contributed by atoms with Gasteiger partial charge >= 0.3 is 6.03 Å². The molecule has 0 radical (unpaired) electrons. The fraction of sp³-hybridized carbons (Fsp3) is 0.533. The minimum Gasteiger partial charge on any atom is -0.393 e. The molecule has 0 spiro atoms. The molecule has 2 rings (SSSR count). The van der Waals surface area contributed by atoms with E-state index in [0.29, 0.717) is 17.3 Å². The number of nitrogens with zero attached hydrogens (tertiary/aromatic N) is 1. The Labute approximate surface area is 124 Å². The molecular weight excluding hydrogens is 276 g/mol. The third-order valence-corrected chi connectivity index (χ3v) is 4.12. The molecule has 1 fully saturated rings. The third-order valence-electron chi connectivity index (χ3n) is 3.79. The van der Waals surface area contributed by atoms with Crippen LogP contribution in [-0.2, 0) is 0 Å². The number of urea groups is 1. The van der Waals surface area contributed by atoms with Crippen molar-refractivity contribution in [3.05, 3.63) is 28.8 Å². The van der Waals surface area contributed by atoms with Crippen LogP contribution < -0.4 is 5.32 Å². The van der Waals surface area contributed by atoms with Gasteiger partial charge in [-0.25, -0.2) is 4.79 Å². The number of nitrogens with one attached hydrogen (secondary N) is 1. The molecule has 1 aromatic carbocycles. The number of aliphatic hydroxyl groups excluding tert-OH is 1. The quantitative estimate of drug-likeness (QED) is 0.880. The van der Waals surface area contributed by atoms with Gasteiger partial charge in [-0.15, -0.1) is 0 Å². The molecule has 1 heterocycles. The molecule has 2 unspecified atom stereocenters. The van der Waals surface area contributed by atoms with E-state index >= 15 is 0 Å². The number of halogens is 1. The average molecular weight is 297 g/mol. The minimum atomic E-state index is -0.381. The highest BCUT2D eigenvalue weighted by Crippen LogP contribution is 2.25. The smallest absolute Gasteiger partial charge is 0.321 e. The van der Waals surface area contributed by atoms with Gasteiger partial charge in [0.15, 0.2) is 0 Å². The summed E-state index contributed by atoms with van der Waals surface area (Å²) in [6.07, 6.45) is 1.50. The molecule has 0 aliphatic carbocycles. The first-order chi connectivity index (χ1) is 9.47. The monoisotopic (exact) mass is 296 g/mol. The SMILES string of the molecule is Cc1ccc(Cl)c(NC(=O)N2CCCC(C(C)O)C2)c1. The van der Waals surface area contributed by atoms with Gasteiger partial charge in [0.05, 0.1) is 16.8 Å². The molecule has 1 aliphatic heterocycles. The van der Waals surface area contributed by atoms with Crippen molar-refractivity contribution < 1.29 is 9.90 Å². The number of likely N-dealkylation sites (tertiary alicyclic amines) is 1. The molecule has 2 N–H and O–H groups in total. The predicted molar refractivity (Wildman–Crippen MR) is 81.2 cm³/mol. The van der Waals surface area contributed by atoms with Gasteiger partial charge in [-0.05, 0) is 44.4 Å². The van der Waals surface area contributed by atoms with Crippen molar-refractivity contribution >= 4 is 23.3 Å². The number of carbonyl (C=O) groups excluding carboxylic acids is 1. The van der Waals surface area contributed by atoms with Crippen molar-refractivity contribution in [1.29, 1.82) is 0 Å². The number of hydrogen-bond acceptors (Lipinski definition) is 2. The van der Waals surface area contributed by atoms with E-state index in [1.165, 1.54) is 0 Å². The summed E-state index contributed by atoms with van der Waals surface area (Å²) in [5.41, 5.74) is 1.68. The zero-order valence-corrected chi connectivity index (χ0v) is 12.7. The number of hydrogen-bond donors (Lipinski definition) is 2. The Morgan fingerprint density at radius 2 is 2.30 bits per heavy atom. The van der Waals surface area contributed by atoms with E-state index in [1.807, 2.05) is 19.1 Å². The second-order valence-corrected chi connectivity index (χ2v) is 5.91. The van der Waals surface area contributed by atoms with Crippen molar-refractivity contribution in [3.63, 3.8) is 0 Å². The first kappa shape index (κ1) is 15.1. The Balaban J connectivity index is 2.02. The van der Waals surface area contributed by atoms with Gasteiger partial charge < -0.3 is 15.3 Å². The zero-order chi connectivity index (χ0) is 14.7. The van der Waals surface area contributed by atoms with Crippen LogP contribution in [0.25, 0.3) is 0 Å². The molecule has 0 saturated carbocycles. The number of amides is 2. The summed E-state index contributed by atoms with van der Waals surface area (Å²) in [5, 5.41) is 13.1. The lowest BCUT2D eigenvalue weighted by molar-refractivity contribution is 0.0766. The van der Waals surface area contributed by atoms with Crippen molar-refractivity contribution in [2.75, 3.05) is 18.4 Å². The number of benzene rings is 1. The highest BCUT2D eigenvalue weighted by molar-refractivity contribution is 6.33. The third kappa shape index (κ3) is 3.64. The summed E-state index contributed by atoms with van der Waals surface area (Å²) in [6, 6.07) is 5.39. The van der Waals surface area contributed by atoms with Crippen LogP contribution in [0, 0.1) is 12.8 Å². The maximum Gasteiger partial charge on any atom is 0.321 e. The van der Waals surface area contributed by atoms with Crippen LogP contribution in [0.4, 0.5) is 10.5 Å². The number of piperidine rings is 1. The second kappa shape index (κ2) is 6.46. The van der Waals surface area contributed by atoms with Gasteiger partial charge in [-0.2, -0.15) is 0 Å². The molecule has 1 aliphatic rings. The van der Waals surface area contributed by atoms with Crippen LogP contribution >= 0.6 is 11.6 Å². The number of anilines is 1. The van der Waals surface area contributed by atoms with E-state index in [9.17, 15) is 9.90 Å². The van der Waals surface area contributed by atoms with Gasteiger partial charge in [-0.3, -0.25) is 0 Å². The standard InChI is InChI=1S/C15H21ClN2O2/c1-10-5-6-13(16)14(8-10)17-15(20)18-7-3-4-12(9-18)11(2)19/h5-6,8,11-12,19H,3-4,7,9H2,1-2H3,(H,17,20). The Hall–Kier alpha value is -1.26. The Morgan fingerprint density at radius 3 is 3.00 bits per heavy atom. The fourth-order valence-corrected chi connectivity index (χ4v) is 2.68. The van der Waals surface area contributed by atoms with Gasteiger partial charge in [0.1, 0.15) is 0 Å². The largest absolute Gasteiger partial charge is 0.393 e. The van der Waals surface area contributed by atoms with Crippen LogP contribution in [0.1, 0.15) is 25.3 Å². The Kier molecular flexibility index (Phi) is 4.89. The molecule has 0 bridgehead atoms. The van der Waals surface area contributed by atoms with Gasteiger partial charge in [-0.1, -0.05) is 17.7 Å². The van der Waals surface area contributed by atoms with Gasteiger partial charge in [0.2, 0.25) is 0 Å². The average Bonchev–Trinajstić information content (AvgIpc) is 2.43. The van der Waals surface area contributed by atoms with E-state index in [2.05, 4.69) is 5.32 Å². The summed E-state index contributed by atoms with van der Waals surface area (Å²) in [7, 11) is 0. The molecule has 1 aromatic rings. The van der Waals surface area contributed by atoms with Crippen LogP contribution in [0.5, 0.6) is 0 Å².